The molecule has 32 heavy (non-hydrogen) atoms. The number of hydrogen-bond donors (Lipinski definition) is 0. The SMILES string of the molecule is C#Cc1ccccc1C(=C\C)/C(=N\OCCCN1CCCOCC1)c1ccc(SC)cc1. The van der Waals surface area contributed by atoms with Gasteiger partial charge < -0.3 is 14.5 Å². The summed E-state index contributed by atoms with van der Waals surface area (Å²) in [5, 5.41) is 4.60. The first-order chi connectivity index (χ1) is 15.8. The maximum absolute atomic E-state index is 5.84. The number of allylic oxidation sites excluding steroid dienone is 2. The minimum absolute atomic E-state index is 0.567. The molecule has 168 valence electrons. The van der Waals surface area contributed by atoms with Gasteiger partial charge in [-0.05, 0) is 49.8 Å². The molecule has 1 heterocycles. The van der Waals surface area contributed by atoms with Gasteiger partial charge in [0.25, 0.3) is 0 Å². The van der Waals surface area contributed by atoms with Gasteiger partial charge in [-0.3, -0.25) is 0 Å². The number of nitrogens with zero attached hydrogens (tertiary/aromatic N) is 2. The molecule has 0 N–H and O–H groups in total. The van der Waals surface area contributed by atoms with Crippen LogP contribution in [0.2, 0.25) is 0 Å². The van der Waals surface area contributed by atoms with Gasteiger partial charge in [0.2, 0.25) is 0 Å². The quantitative estimate of drug-likeness (QED) is 0.171. The van der Waals surface area contributed by atoms with E-state index in [1.807, 2.05) is 31.2 Å². The summed E-state index contributed by atoms with van der Waals surface area (Å²) in [6.45, 7) is 7.32. The topological polar surface area (TPSA) is 34.1 Å². The van der Waals surface area contributed by atoms with Crippen LogP contribution in [-0.2, 0) is 9.57 Å². The second-order valence-electron chi connectivity index (χ2n) is 7.56. The summed E-state index contributed by atoms with van der Waals surface area (Å²) >= 11 is 1.72. The highest BCUT2D eigenvalue weighted by Crippen LogP contribution is 2.25. The van der Waals surface area contributed by atoms with Crippen molar-refractivity contribution in [3.63, 3.8) is 0 Å². The van der Waals surface area contributed by atoms with Gasteiger partial charge in [-0.15, -0.1) is 18.2 Å². The fourth-order valence-corrected chi connectivity index (χ4v) is 4.16. The van der Waals surface area contributed by atoms with Crippen molar-refractivity contribution < 1.29 is 9.57 Å². The Morgan fingerprint density at radius 3 is 2.75 bits per heavy atom. The third-order valence-corrected chi connectivity index (χ3v) is 6.20. The van der Waals surface area contributed by atoms with Crippen LogP contribution < -0.4 is 0 Å². The number of hydrogen-bond acceptors (Lipinski definition) is 5. The monoisotopic (exact) mass is 448 g/mol. The van der Waals surface area contributed by atoms with Crippen LogP contribution in [-0.4, -0.2) is 56.3 Å². The van der Waals surface area contributed by atoms with Crippen LogP contribution in [0.4, 0.5) is 0 Å². The Hall–Kier alpha value is -2.52. The lowest BCUT2D eigenvalue weighted by molar-refractivity contribution is 0.122. The number of terminal acetylenes is 1. The van der Waals surface area contributed by atoms with Gasteiger partial charge in [-0.1, -0.05) is 47.5 Å². The second-order valence-corrected chi connectivity index (χ2v) is 8.43. The van der Waals surface area contributed by atoms with Gasteiger partial charge in [0.15, 0.2) is 0 Å². The van der Waals surface area contributed by atoms with Gasteiger partial charge in [0.05, 0.1) is 6.61 Å². The summed E-state index contributed by atoms with van der Waals surface area (Å²) in [5.41, 5.74) is 4.61. The van der Waals surface area contributed by atoms with Crippen LogP contribution in [0, 0.1) is 12.3 Å². The van der Waals surface area contributed by atoms with Crippen molar-refractivity contribution in [2.24, 2.45) is 5.16 Å². The van der Waals surface area contributed by atoms with Crippen molar-refractivity contribution in [1.82, 2.24) is 4.90 Å². The summed E-state index contributed by atoms with van der Waals surface area (Å²) in [6.07, 6.45) is 11.9. The van der Waals surface area contributed by atoms with E-state index in [9.17, 15) is 0 Å². The molecule has 0 atom stereocenters. The van der Waals surface area contributed by atoms with E-state index in [-0.39, 0.29) is 0 Å². The second kappa shape index (κ2) is 13.1. The molecule has 0 aromatic heterocycles. The first kappa shape index (κ1) is 24.1. The number of thioether (sulfide) groups is 1. The molecule has 2 aromatic rings. The average molecular weight is 449 g/mol. The number of oxime groups is 1. The summed E-state index contributed by atoms with van der Waals surface area (Å²) in [6, 6.07) is 16.4. The Morgan fingerprint density at radius 1 is 1.19 bits per heavy atom. The molecular formula is C27H32N2O2S. The van der Waals surface area contributed by atoms with E-state index in [0.29, 0.717) is 6.61 Å². The highest BCUT2D eigenvalue weighted by Gasteiger charge is 2.16. The van der Waals surface area contributed by atoms with Crippen molar-refractivity contribution in [3.05, 3.63) is 71.3 Å². The third kappa shape index (κ3) is 6.74. The predicted octanol–water partition coefficient (Wildman–Crippen LogP) is 5.33. The lowest BCUT2D eigenvalue weighted by atomic mass is 9.92. The largest absolute Gasteiger partial charge is 0.395 e. The Balaban J connectivity index is 1.77. The molecule has 0 aliphatic carbocycles. The first-order valence-corrected chi connectivity index (χ1v) is 12.4. The van der Waals surface area contributed by atoms with Crippen molar-refractivity contribution in [2.75, 3.05) is 45.7 Å². The number of rotatable bonds is 9. The van der Waals surface area contributed by atoms with Gasteiger partial charge >= 0.3 is 0 Å². The maximum atomic E-state index is 5.84. The van der Waals surface area contributed by atoms with Crippen molar-refractivity contribution in [2.45, 2.75) is 24.7 Å². The van der Waals surface area contributed by atoms with E-state index in [0.717, 1.165) is 73.7 Å². The summed E-state index contributed by atoms with van der Waals surface area (Å²) in [5.74, 6) is 2.80. The molecule has 0 spiro atoms. The first-order valence-electron chi connectivity index (χ1n) is 11.1. The van der Waals surface area contributed by atoms with Crippen LogP contribution in [0.5, 0.6) is 0 Å². The highest BCUT2D eigenvalue weighted by atomic mass is 32.2. The van der Waals surface area contributed by atoms with E-state index < -0.39 is 0 Å². The number of ether oxygens (including phenoxy) is 1. The molecule has 0 unspecified atom stereocenters. The summed E-state index contributed by atoms with van der Waals surface area (Å²) < 4.78 is 5.53. The van der Waals surface area contributed by atoms with Crippen molar-refractivity contribution in [3.8, 4) is 12.3 Å². The molecule has 0 saturated carbocycles. The molecule has 1 fully saturated rings. The summed E-state index contributed by atoms with van der Waals surface area (Å²) in [4.78, 5) is 9.48. The molecular weight excluding hydrogens is 416 g/mol. The molecule has 5 heteroatoms. The van der Waals surface area contributed by atoms with Crippen molar-refractivity contribution in [1.29, 1.82) is 0 Å². The molecule has 0 bridgehead atoms. The number of benzene rings is 2. The zero-order valence-corrected chi connectivity index (χ0v) is 19.9. The molecule has 1 aliphatic heterocycles. The van der Waals surface area contributed by atoms with Crippen LogP contribution in [0.3, 0.4) is 0 Å². The molecule has 1 saturated heterocycles. The van der Waals surface area contributed by atoms with E-state index in [1.54, 1.807) is 11.8 Å². The van der Waals surface area contributed by atoms with Gasteiger partial charge in [0, 0.05) is 47.8 Å². The van der Waals surface area contributed by atoms with Crippen LogP contribution in [0.25, 0.3) is 5.57 Å². The average Bonchev–Trinajstić information content (AvgIpc) is 3.12. The maximum Gasteiger partial charge on any atom is 0.118 e. The van der Waals surface area contributed by atoms with Gasteiger partial charge in [-0.2, -0.15) is 0 Å². The standard InChI is InChI=1S/C27H32N2O2S/c1-4-22-10-6-7-11-26(22)25(5-2)27(23-12-14-24(32-3)15-13-23)28-31-20-9-17-29-16-8-19-30-21-18-29/h1,5-7,10-15H,8-9,16-21H2,2-3H3/b25-5+,28-27-. The van der Waals surface area contributed by atoms with Gasteiger partial charge in [-0.25, -0.2) is 0 Å². The van der Waals surface area contributed by atoms with Crippen LogP contribution >= 0.6 is 11.8 Å². The molecule has 3 rings (SSSR count). The minimum atomic E-state index is 0.567. The fraction of sp³-hybridized carbons (Fsp3) is 0.370. The van der Waals surface area contributed by atoms with E-state index in [4.69, 9.17) is 16.0 Å². The molecule has 4 nitrogen and oxygen atoms in total. The normalized spacial score (nSPS) is 15.8. The lowest BCUT2D eigenvalue weighted by Crippen LogP contribution is -2.28. The van der Waals surface area contributed by atoms with Crippen LogP contribution in [0.15, 0.2) is 64.7 Å². The third-order valence-electron chi connectivity index (χ3n) is 5.46. The Labute approximate surface area is 196 Å². The molecule has 0 radical (unpaired) electrons. The van der Waals surface area contributed by atoms with Crippen molar-refractivity contribution >= 4 is 23.0 Å². The van der Waals surface area contributed by atoms with Gasteiger partial charge in [0.1, 0.15) is 12.3 Å². The minimum Gasteiger partial charge on any atom is -0.395 e. The van der Waals surface area contributed by atoms with E-state index >= 15 is 0 Å². The van der Waals surface area contributed by atoms with E-state index in [2.05, 4.69) is 52.6 Å². The molecule has 1 aliphatic rings. The van der Waals surface area contributed by atoms with Crippen LogP contribution in [0.1, 0.15) is 36.5 Å². The lowest BCUT2D eigenvalue weighted by Gasteiger charge is -2.18. The van der Waals surface area contributed by atoms with E-state index in [1.165, 1.54) is 4.90 Å². The molecule has 0 amide bonds. The molecule has 2 aromatic carbocycles. The Kier molecular flexibility index (Phi) is 9.90. The Morgan fingerprint density at radius 2 is 2.00 bits per heavy atom. The Bertz CT molecular complexity index is 952. The highest BCUT2D eigenvalue weighted by molar-refractivity contribution is 7.98. The zero-order chi connectivity index (χ0) is 22.6. The predicted molar refractivity (Wildman–Crippen MR) is 135 cm³/mol. The summed E-state index contributed by atoms with van der Waals surface area (Å²) in [7, 11) is 0. The fourth-order valence-electron chi connectivity index (χ4n) is 3.75. The smallest absolute Gasteiger partial charge is 0.118 e. The zero-order valence-electron chi connectivity index (χ0n) is 19.0.